The van der Waals surface area contributed by atoms with Crippen LogP contribution in [0.4, 0.5) is 17.5 Å². The van der Waals surface area contributed by atoms with Crippen LogP contribution in [0, 0.1) is 6.92 Å². The molecular formula is C20H22ClN5. The molecule has 0 aliphatic rings. The van der Waals surface area contributed by atoms with Gasteiger partial charge in [0.05, 0.1) is 22.1 Å². The molecule has 3 aromatic rings. The number of nitrogens with one attached hydrogen (secondary N) is 2. The van der Waals surface area contributed by atoms with E-state index in [4.69, 9.17) is 11.6 Å². The SMILES string of the molecule is CC[C@@H](C)Nc1nc(Nc2ccc(C)cc2Cl)cc(-c2ccccn2)n1. The third-order valence-corrected chi connectivity index (χ3v) is 4.34. The van der Waals surface area contributed by atoms with E-state index < -0.39 is 0 Å². The van der Waals surface area contributed by atoms with Crippen LogP contribution in [-0.4, -0.2) is 21.0 Å². The fraction of sp³-hybridized carbons (Fsp3) is 0.250. The Morgan fingerprint density at radius 2 is 1.92 bits per heavy atom. The lowest BCUT2D eigenvalue weighted by molar-refractivity contribution is 0.753. The molecule has 0 unspecified atom stereocenters. The van der Waals surface area contributed by atoms with Crippen molar-refractivity contribution in [3.63, 3.8) is 0 Å². The molecule has 1 atom stereocenters. The first-order valence-corrected chi connectivity index (χ1v) is 9.03. The van der Waals surface area contributed by atoms with Crippen molar-refractivity contribution in [1.82, 2.24) is 15.0 Å². The van der Waals surface area contributed by atoms with Gasteiger partial charge >= 0.3 is 0 Å². The van der Waals surface area contributed by atoms with E-state index in [2.05, 4.69) is 39.4 Å². The summed E-state index contributed by atoms with van der Waals surface area (Å²) in [4.78, 5) is 13.6. The van der Waals surface area contributed by atoms with Crippen LogP contribution in [0.2, 0.25) is 5.02 Å². The van der Waals surface area contributed by atoms with Gasteiger partial charge in [0.1, 0.15) is 5.82 Å². The van der Waals surface area contributed by atoms with Crippen molar-refractivity contribution in [2.45, 2.75) is 33.2 Å². The van der Waals surface area contributed by atoms with E-state index in [1.54, 1.807) is 6.20 Å². The van der Waals surface area contributed by atoms with E-state index in [0.29, 0.717) is 16.8 Å². The summed E-state index contributed by atoms with van der Waals surface area (Å²) in [7, 11) is 0. The average molecular weight is 368 g/mol. The molecule has 0 aliphatic heterocycles. The zero-order valence-corrected chi connectivity index (χ0v) is 15.9. The average Bonchev–Trinajstić information content (AvgIpc) is 2.64. The van der Waals surface area contributed by atoms with Crippen LogP contribution in [0.25, 0.3) is 11.4 Å². The van der Waals surface area contributed by atoms with Gasteiger partial charge < -0.3 is 10.6 Å². The molecule has 0 aliphatic carbocycles. The Morgan fingerprint density at radius 1 is 1.08 bits per heavy atom. The minimum atomic E-state index is 0.268. The second-order valence-corrected chi connectivity index (χ2v) is 6.65. The highest BCUT2D eigenvalue weighted by atomic mass is 35.5. The van der Waals surface area contributed by atoms with Crippen molar-refractivity contribution in [2.24, 2.45) is 0 Å². The summed E-state index contributed by atoms with van der Waals surface area (Å²) >= 11 is 6.35. The van der Waals surface area contributed by atoms with Gasteiger partial charge in [0.25, 0.3) is 0 Å². The number of pyridine rings is 1. The number of aryl methyl sites for hydroxylation is 1. The predicted octanol–water partition coefficient (Wildman–Crippen LogP) is 5.45. The number of anilines is 3. The van der Waals surface area contributed by atoms with Crippen molar-refractivity contribution in [2.75, 3.05) is 10.6 Å². The van der Waals surface area contributed by atoms with Crippen LogP contribution in [-0.2, 0) is 0 Å². The summed E-state index contributed by atoms with van der Waals surface area (Å²) in [5.74, 6) is 1.23. The molecule has 26 heavy (non-hydrogen) atoms. The first-order chi connectivity index (χ1) is 12.5. The highest BCUT2D eigenvalue weighted by Crippen LogP contribution is 2.28. The summed E-state index contributed by atoms with van der Waals surface area (Å²) in [6.45, 7) is 6.22. The Kier molecular flexibility index (Phi) is 5.68. The van der Waals surface area contributed by atoms with Crippen LogP contribution < -0.4 is 10.6 Å². The van der Waals surface area contributed by atoms with E-state index >= 15 is 0 Å². The summed E-state index contributed by atoms with van der Waals surface area (Å²) in [5, 5.41) is 7.27. The molecule has 0 spiro atoms. The number of benzene rings is 1. The first kappa shape index (κ1) is 18.1. The molecule has 2 N–H and O–H groups in total. The normalized spacial score (nSPS) is 11.8. The minimum Gasteiger partial charge on any atom is -0.352 e. The molecule has 134 valence electrons. The van der Waals surface area contributed by atoms with Gasteiger partial charge in [-0.3, -0.25) is 4.98 Å². The summed E-state index contributed by atoms with van der Waals surface area (Å²) in [6, 6.07) is 13.8. The molecule has 0 saturated carbocycles. The summed E-state index contributed by atoms with van der Waals surface area (Å²) < 4.78 is 0. The molecule has 6 heteroatoms. The van der Waals surface area contributed by atoms with Crippen LogP contribution in [0.5, 0.6) is 0 Å². The second-order valence-electron chi connectivity index (χ2n) is 6.24. The Labute approximate surface area is 158 Å². The van der Waals surface area contributed by atoms with Crippen molar-refractivity contribution in [1.29, 1.82) is 0 Å². The highest BCUT2D eigenvalue weighted by molar-refractivity contribution is 6.33. The lowest BCUT2D eigenvalue weighted by atomic mass is 10.2. The number of halogens is 1. The lowest BCUT2D eigenvalue weighted by Crippen LogP contribution is -2.16. The minimum absolute atomic E-state index is 0.268. The Balaban J connectivity index is 1.98. The molecule has 0 saturated heterocycles. The van der Waals surface area contributed by atoms with Gasteiger partial charge in [-0.05, 0) is 50.1 Å². The fourth-order valence-corrected chi connectivity index (χ4v) is 2.69. The third kappa shape index (κ3) is 4.49. The second kappa shape index (κ2) is 8.15. The Bertz CT molecular complexity index is 883. The number of hydrogen-bond donors (Lipinski definition) is 2. The van der Waals surface area contributed by atoms with Gasteiger partial charge in [-0.25, -0.2) is 4.98 Å². The standard InChI is InChI=1S/C20H22ClN5/c1-4-14(3)23-20-25-18(17-7-5-6-10-22-17)12-19(26-20)24-16-9-8-13(2)11-15(16)21/h5-12,14H,4H2,1-3H3,(H2,23,24,25,26)/t14-/m1/s1. The molecule has 5 nitrogen and oxygen atoms in total. The molecule has 0 amide bonds. The zero-order valence-electron chi connectivity index (χ0n) is 15.1. The molecule has 0 fully saturated rings. The topological polar surface area (TPSA) is 62.7 Å². The molecule has 0 radical (unpaired) electrons. The van der Waals surface area contributed by atoms with Crippen molar-refractivity contribution in [3.8, 4) is 11.4 Å². The van der Waals surface area contributed by atoms with Gasteiger partial charge in [-0.2, -0.15) is 4.98 Å². The maximum Gasteiger partial charge on any atom is 0.225 e. The quantitative estimate of drug-likeness (QED) is 0.606. The number of aromatic nitrogens is 3. The Hall–Kier alpha value is -2.66. The molecule has 2 aromatic heterocycles. The molecule has 0 bridgehead atoms. The maximum atomic E-state index is 6.35. The highest BCUT2D eigenvalue weighted by Gasteiger charge is 2.11. The largest absolute Gasteiger partial charge is 0.352 e. The van der Waals surface area contributed by atoms with Crippen molar-refractivity contribution in [3.05, 3.63) is 59.2 Å². The summed E-state index contributed by atoms with van der Waals surface area (Å²) in [5.41, 5.74) is 3.45. The van der Waals surface area contributed by atoms with E-state index in [-0.39, 0.29) is 6.04 Å². The zero-order chi connectivity index (χ0) is 18.5. The molecular weight excluding hydrogens is 346 g/mol. The number of rotatable bonds is 6. The van der Waals surface area contributed by atoms with Gasteiger partial charge in [-0.15, -0.1) is 0 Å². The van der Waals surface area contributed by atoms with Crippen LogP contribution >= 0.6 is 11.6 Å². The smallest absolute Gasteiger partial charge is 0.225 e. The number of nitrogens with zero attached hydrogens (tertiary/aromatic N) is 3. The molecule has 2 heterocycles. The first-order valence-electron chi connectivity index (χ1n) is 8.65. The van der Waals surface area contributed by atoms with Crippen LogP contribution in [0.3, 0.4) is 0 Å². The Morgan fingerprint density at radius 3 is 2.62 bits per heavy atom. The van der Waals surface area contributed by atoms with Gasteiger partial charge in [-0.1, -0.05) is 30.7 Å². The third-order valence-electron chi connectivity index (χ3n) is 4.03. The van der Waals surface area contributed by atoms with Gasteiger partial charge in [0, 0.05) is 18.3 Å². The predicted molar refractivity (Wildman–Crippen MR) is 108 cm³/mol. The maximum absolute atomic E-state index is 6.35. The molecule has 3 rings (SSSR count). The number of hydrogen-bond acceptors (Lipinski definition) is 5. The van der Waals surface area contributed by atoms with Crippen molar-refractivity contribution >= 4 is 29.1 Å². The van der Waals surface area contributed by atoms with E-state index in [9.17, 15) is 0 Å². The monoisotopic (exact) mass is 367 g/mol. The molecule has 1 aromatic carbocycles. The van der Waals surface area contributed by atoms with Crippen LogP contribution in [0.15, 0.2) is 48.7 Å². The van der Waals surface area contributed by atoms with E-state index in [1.807, 2.05) is 49.4 Å². The van der Waals surface area contributed by atoms with Gasteiger partial charge in [0.15, 0.2) is 0 Å². The lowest BCUT2D eigenvalue weighted by Gasteiger charge is -2.15. The van der Waals surface area contributed by atoms with E-state index in [1.165, 1.54) is 0 Å². The van der Waals surface area contributed by atoms with Crippen LogP contribution in [0.1, 0.15) is 25.8 Å². The summed E-state index contributed by atoms with van der Waals surface area (Å²) in [6.07, 6.45) is 2.73. The fourth-order valence-electron chi connectivity index (χ4n) is 2.40. The van der Waals surface area contributed by atoms with Crippen molar-refractivity contribution < 1.29 is 0 Å². The van der Waals surface area contributed by atoms with E-state index in [0.717, 1.165) is 29.1 Å². The van der Waals surface area contributed by atoms with Gasteiger partial charge in [0.2, 0.25) is 5.95 Å².